The van der Waals surface area contributed by atoms with Crippen molar-refractivity contribution in [1.82, 2.24) is 24.6 Å². The maximum Gasteiger partial charge on any atom is 0.246 e. The van der Waals surface area contributed by atoms with Crippen LogP contribution in [0, 0.1) is 11.8 Å². The smallest absolute Gasteiger partial charge is 0.246 e. The number of carbonyl (C=O) groups excluding carboxylic acids is 1. The predicted molar refractivity (Wildman–Crippen MR) is 144 cm³/mol. The van der Waals surface area contributed by atoms with Crippen molar-refractivity contribution in [2.75, 3.05) is 25.4 Å². The van der Waals surface area contributed by atoms with E-state index in [1.54, 1.807) is 4.90 Å². The molecule has 2 N–H and O–H groups in total. The third kappa shape index (κ3) is 5.60. The van der Waals surface area contributed by atoms with Gasteiger partial charge in [-0.25, -0.2) is 14.6 Å². The van der Waals surface area contributed by atoms with Crippen LogP contribution < -0.4 is 15.2 Å². The number of nitrogens with two attached hydrogens (primary N) is 1. The highest BCUT2D eigenvalue weighted by Crippen LogP contribution is 2.28. The van der Waals surface area contributed by atoms with E-state index in [1.165, 1.54) is 12.4 Å². The number of nitrogen functional groups attached to an aromatic ring is 1. The number of amides is 1. The second-order valence-electron chi connectivity index (χ2n) is 8.87. The van der Waals surface area contributed by atoms with E-state index in [9.17, 15) is 4.79 Å². The molecular weight excluding hydrogens is 480 g/mol. The molecule has 0 aliphatic carbocycles. The molecule has 9 nitrogen and oxygen atoms in total. The van der Waals surface area contributed by atoms with Crippen molar-refractivity contribution in [3.63, 3.8) is 0 Å². The van der Waals surface area contributed by atoms with Gasteiger partial charge in [-0.3, -0.25) is 4.79 Å². The van der Waals surface area contributed by atoms with Gasteiger partial charge in [-0.05, 0) is 42.5 Å². The molecule has 1 saturated heterocycles. The first-order valence-electron chi connectivity index (χ1n) is 12.4. The summed E-state index contributed by atoms with van der Waals surface area (Å²) in [7, 11) is 0. The van der Waals surface area contributed by atoms with Gasteiger partial charge >= 0.3 is 0 Å². The molecule has 0 bridgehead atoms. The largest absolute Gasteiger partial charge is 0.489 e. The number of anilines is 1. The monoisotopic (exact) mass is 508 g/mol. The van der Waals surface area contributed by atoms with Crippen LogP contribution in [-0.2, 0) is 11.4 Å². The maximum absolute atomic E-state index is 12.2. The average molecular weight is 509 g/mol. The summed E-state index contributed by atoms with van der Waals surface area (Å²) >= 11 is 0. The van der Waals surface area contributed by atoms with Crippen LogP contribution in [0.2, 0.25) is 0 Å². The first-order chi connectivity index (χ1) is 18.6. The Morgan fingerprint density at radius 2 is 1.95 bits per heavy atom. The second-order valence-corrected chi connectivity index (χ2v) is 8.87. The predicted octanol–water partition coefficient (Wildman–Crippen LogP) is 3.77. The molecular formula is C29H28N6O3. The Hall–Kier alpha value is -4.84. The zero-order valence-corrected chi connectivity index (χ0v) is 20.9. The zero-order chi connectivity index (χ0) is 26.3. The molecule has 0 spiro atoms. The lowest BCUT2D eigenvalue weighted by Crippen LogP contribution is -2.40. The van der Waals surface area contributed by atoms with E-state index in [1.807, 2.05) is 59.3 Å². The third-order valence-electron chi connectivity index (χ3n) is 6.32. The van der Waals surface area contributed by atoms with Crippen molar-refractivity contribution in [2.45, 2.75) is 25.5 Å². The van der Waals surface area contributed by atoms with E-state index >= 15 is 0 Å². The molecule has 1 unspecified atom stereocenters. The van der Waals surface area contributed by atoms with E-state index < -0.39 is 0 Å². The van der Waals surface area contributed by atoms with Gasteiger partial charge in [0.1, 0.15) is 42.6 Å². The van der Waals surface area contributed by atoms with Gasteiger partial charge in [0, 0.05) is 19.2 Å². The van der Waals surface area contributed by atoms with Gasteiger partial charge in [-0.1, -0.05) is 48.9 Å². The molecule has 1 aliphatic rings. The first kappa shape index (κ1) is 24.8. The van der Waals surface area contributed by atoms with E-state index in [-0.39, 0.29) is 18.6 Å². The molecule has 0 radical (unpaired) electrons. The van der Waals surface area contributed by atoms with Gasteiger partial charge < -0.3 is 20.1 Å². The van der Waals surface area contributed by atoms with Crippen LogP contribution in [0.5, 0.6) is 11.5 Å². The van der Waals surface area contributed by atoms with E-state index in [0.717, 1.165) is 18.4 Å². The summed E-state index contributed by atoms with van der Waals surface area (Å²) in [4.78, 5) is 22.5. The fraction of sp³-hybridized carbons (Fsp3) is 0.241. The van der Waals surface area contributed by atoms with Crippen molar-refractivity contribution in [2.24, 2.45) is 0 Å². The van der Waals surface area contributed by atoms with Crippen molar-refractivity contribution in [3.8, 4) is 23.3 Å². The molecule has 2 aromatic heterocycles. The lowest BCUT2D eigenvalue weighted by molar-refractivity contribution is -0.127. The molecule has 1 fully saturated rings. The number of aromatic nitrogens is 4. The van der Waals surface area contributed by atoms with Gasteiger partial charge in [0.05, 0.1) is 11.4 Å². The molecule has 5 rings (SSSR count). The fourth-order valence-corrected chi connectivity index (χ4v) is 4.46. The molecule has 192 valence electrons. The van der Waals surface area contributed by atoms with Crippen LogP contribution in [0.4, 0.5) is 5.82 Å². The highest BCUT2D eigenvalue weighted by Gasteiger charge is 2.27. The number of hydrogen-bond donors (Lipinski definition) is 1. The van der Waals surface area contributed by atoms with Crippen LogP contribution >= 0.6 is 0 Å². The minimum Gasteiger partial charge on any atom is -0.489 e. The number of carbonyl (C=O) groups is 1. The van der Waals surface area contributed by atoms with Crippen molar-refractivity contribution >= 4 is 22.8 Å². The summed E-state index contributed by atoms with van der Waals surface area (Å²) in [5.41, 5.74) is 8.36. The van der Waals surface area contributed by atoms with E-state index in [0.29, 0.717) is 53.7 Å². The van der Waals surface area contributed by atoms with Gasteiger partial charge in [0.15, 0.2) is 5.65 Å². The minimum absolute atomic E-state index is 0.0464. The van der Waals surface area contributed by atoms with Crippen molar-refractivity contribution < 1.29 is 14.3 Å². The van der Waals surface area contributed by atoms with Crippen LogP contribution in [0.3, 0.4) is 0 Å². The standard InChI is InChI=1S/C29H28N6O3/c1-2-26(36)34-15-7-11-22(18-34)35-29-27(28(30)31-20-32-29)25(33-35)14-8-16-37-23-12-6-13-24(17-23)38-19-21-9-4-3-5-10-21/h2-6,9-10,12-13,17,20,22H,1,7,11,15-16,18-19H2,(H2,30,31,32). The molecule has 2 aromatic carbocycles. The van der Waals surface area contributed by atoms with E-state index in [4.69, 9.17) is 20.3 Å². The van der Waals surface area contributed by atoms with Gasteiger partial charge in [0.25, 0.3) is 0 Å². The van der Waals surface area contributed by atoms with E-state index in [2.05, 4.69) is 28.4 Å². The topological polar surface area (TPSA) is 108 Å². The fourth-order valence-electron chi connectivity index (χ4n) is 4.46. The Kier molecular flexibility index (Phi) is 7.50. The molecule has 38 heavy (non-hydrogen) atoms. The number of nitrogens with zero attached hydrogens (tertiary/aromatic N) is 5. The Morgan fingerprint density at radius 1 is 1.13 bits per heavy atom. The molecule has 1 amide bonds. The summed E-state index contributed by atoms with van der Waals surface area (Å²) in [6.45, 7) is 5.44. The Bertz CT molecular complexity index is 1510. The summed E-state index contributed by atoms with van der Waals surface area (Å²) in [5, 5.41) is 5.33. The SMILES string of the molecule is C=CC(=O)N1CCCC(n2nc(C#CCOc3cccc(OCc4ccccc4)c3)c3c(N)ncnc32)C1. The van der Waals surface area contributed by atoms with Crippen LogP contribution in [-0.4, -0.2) is 50.3 Å². The first-order valence-corrected chi connectivity index (χ1v) is 12.4. The summed E-state index contributed by atoms with van der Waals surface area (Å²) in [5.74, 6) is 7.67. The Balaban J connectivity index is 1.29. The van der Waals surface area contributed by atoms with Gasteiger partial charge in [-0.2, -0.15) is 5.10 Å². The number of benzene rings is 2. The van der Waals surface area contributed by atoms with Crippen molar-refractivity contribution in [1.29, 1.82) is 0 Å². The Labute approximate surface area is 220 Å². The number of piperidine rings is 1. The lowest BCUT2D eigenvalue weighted by atomic mass is 10.1. The number of likely N-dealkylation sites (tertiary alicyclic amines) is 1. The number of hydrogen-bond acceptors (Lipinski definition) is 7. The molecule has 4 aromatic rings. The molecule has 9 heteroatoms. The normalized spacial score (nSPS) is 14.9. The highest BCUT2D eigenvalue weighted by molar-refractivity contribution is 5.90. The second kappa shape index (κ2) is 11.5. The number of ether oxygens (including phenoxy) is 2. The van der Waals surface area contributed by atoms with Crippen LogP contribution in [0.25, 0.3) is 11.0 Å². The molecule has 1 aliphatic heterocycles. The summed E-state index contributed by atoms with van der Waals surface area (Å²) < 4.78 is 13.5. The summed E-state index contributed by atoms with van der Waals surface area (Å²) in [6.07, 6.45) is 4.47. The minimum atomic E-state index is -0.0907. The zero-order valence-electron chi connectivity index (χ0n) is 20.9. The third-order valence-corrected chi connectivity index (χ3v) is 6.32. The number of fused-ring (bicyclic) bond motifs is 1. The van der Waals surface area contributed by atoms with Crippen LogP contribution in [0.15, 0.2) is 73.6 Å². The highest BCUT2D eigenvalue weighted by atomic mass is 16.5. The summed E-state index contributed by atoms with van der Waals surface area (Å²) in [6, 6.07) is 17.4. The lowest BCUT2D eigenvalue weighted by Gasteiger charge is -2.32. The molecule has 1 atom stereocenters. The van der Waals surface area contributed by atoms with Gasteiger partial charge in [-0.15, -0.1) is 0 Å². The number of rotatable bonds is 7. The average Bonchev–Trinajstić information content (AvgIpc) is 3.34. The van der Waals surface area contributed by atoms with Crippen molar-refractivity contribution in [3.05, 3.63) is 84.8 Å². The Morgan fingerprint density at radius 3 is 2.76 bits per heavy atom. The quantitative estimate of drug-likeness (QED) is 0.299. The van der Waals surface area contributed by atoms with Crippen LogP contribution in [0.1, 0.15) is 30.1 Å². The molecule has 0 saturated carbocycles. The maximum atomic E-state index is 12.2. The van der Waals surface area contributed by atoms with Gasteiger partial charge in [0.2, 0.25) is 5.91 Å². The molecule has 3 heterocycles.